The minimum atomic E-state index is -0.436. The first-order valence-electron chi connectivity index (χ1n) is 9.93. The topological polar surface area (TPSA) is 73.8 Å². The number of aliphatic imine (C=N–C) groups is 1. The van der Waals surface area contributed by atoms with Gasteiger partial charge in [-0.15, -0.1) is 0 Å². The average Bonchev–Trinajstić information content (AvgIpc) is 3.33. The number of aromatic nitrogens is 1. The van der Waals surface area contributed by atoms with Crippen molar-refractivity contribution in [2.45, 2.75) is 13.8 Å². The zero-order valence-corrected chi connectivity index (χ0v) is 18.9. The molecule has 0 bridgehead atoms. The summed E-state index contributed by atoms with van der Waals surface area (Å²) in [4.78, 5) is 17.0. The molecule has 158 valence electrons. The predicted octanol–water partition coefficient (Wildman–Crippen LogP) is 5.42. The van der Waals surface area contributed by atoms with Gasteiger partial charge in [-0.2, -0.15) is 15.1 Å². The second kappa shape index (κ2) is 7.93. The normalized spacial score (nSPS) is 17.0. The third-order valence-electron chi connectivity index (χ3n) is 5.33. The highest BCUT2D eigenvalue weighted by Gasteiger charge is 2.36. The number of benzene rings is 2. The van der Waals surface area contributed by atoms with E-state index in [0.29, 0.717) is 15.2 Å². The Hall–Kier alpha value is -3.42. The number of hydrazone groups is 1. The lowest BCUT2D eigenvalue weighted by atomic mass is 10.1. The van der Waals surface area contributed by atoms with Gasteiger partial charge in [-0.3, -0.25) is 10.2 Å². The SMILES string of the molecule is Cc1cc(C=C2C(=N)N3N=C(c4ccccc4)SC3=NC2=O)c(C)n1-c1ccc(Cl)cc1. The molecule has 3 aromatic rings. The standard InChI is InChI=1S/C24H18ClN5OS/c1-14-12-17(15(2)29(14)19-10-8-18(25)9-11-19)13-20-21(26)30-24(27-22(20)31)32-23(28-30)16-6-4-3-5-7-16/h3-13,26H,1-2H3. The minimum absolute atomic E-state index is 0.0229. The molecule has 0 spiro atoms. The van der Waals surface area contributed by atoms with E-state index in [4.69, 9.17) is 17.0 Å². The molecule has 1 aromatic heterocycles. The van der Waals surface area contributed by atoms with Crippen molar-refractivity contribution in [3.05, 3.63) is 93.8 Å². The second-order valence-electron chi connectivity index (χ2n) is 7.43. The molecule has 2 aliphatic rings. The van der Waals surface area contributed by atoms with Crippen LogP contribution in [0.4, 0.5) is 0 Å². The van der Waals surface area contributed by atoms with E-state index < -0.39 is 5.91 Å². The van der Waals surface area contributed by atoms with Gasteiger partial charge < -0.3 is 4.57 Å². The lowest BCUT2D eigenvalue weighted by Gasteiger charge is -2.20. The van der Waals surface area contributed by atoms with Crippen LogP contribution in [0.3, 0.4) is 0 Å². The summed E-state index contributed by atoms with van der Waals surface area (Å²) in [6.07, 6.45) is 1.72. The molecule has 8 heteroatoms. The molecule has 2 aromatic carbocycles. The Morgan fingerprint density at radius 1 is 1.06 bits per heavy atom. The van der Waals surface area contributed by atoms with Crippen LogP contribution in [-0.4, -0.2) is 31.5 Å². The van der Waals surface area contributed by atoms with Crippen molar-refractivity contribution < 1.29 is 4.79 Å². The van der Waals surface area contributed by atoms with Crippen LogP contribution in [0.25, 0.3) is 11.8 Å². The number of halogens is 1. The summed E-state index contributed by atoms with van der Waals surface area (Å²) in [5.74, 6) is -0.413. The number of amidine groups is 2. The molecule has 5 rings (SSSR count). The van der Waals surface area contributed by atoms with Gasteiger partial charge >= 0.3 is 0 Å². The van der Waals surface area contributed by atoms with Crippen LogP contribution in [0.5, 0.6) is 0 Å². The fourth-order valence-electron chi connectivity index (χ4n) is 3.77. The van der Waals surface area contributed by atoms with E-state index in [2.05, 4.69) is 14.7 Å². The number of thioether (sulfide) groups is 1. The molecule has 32 heavy (non-hydrogen) atoms. The third kappa shape index (κ3) is 3.49. The van der Waals surface area contributed by atoms with Crippen LogP contribution >= 0.6 is 23.4 Å². The Bertz CT molecular complexity index is 1350. The van der Waals surface area contributed by atoms with Crippen LogP contribution in [0.2, 0.25) is 5.02 Å². The van der Waals surface area contributed by atoms with E-state index in [9.17, 15) is 4.79 Å². The van der Waals surface area contributed by atoms with Gasteiger partial charge in [0.05, 0.1) is 5.57 Å². The van der Waals surface area contributed by atoms with Crippen molar-refractivity contribution in [3.63, 3.8) is 0 Å². The third-order valence-corrected chi connectivity index (χ3v) is 6.54. The maximum Gasteiger partial charge on any atom is 0.283 e. The number of carbonyl (C=O) groups is 1. The molecular formula is C24H18ClN5OS. The van der Waals surface area contributed by atoms with Gasteiger partial charge in [0.15, 0.2) is 5.84 Å². The van der Waals surface area contributed by atoms with Crippen LogP contribution < -0.4 is 0 Å². The molecule has 0 aliphatic carbocycles. The van der Waals surface area contributed by atoms with E-state index in [1.165, 1.54) is 16.8 Å². The highest BCUT2D eigenvalue weighted by molar-refractivity contribution is 8.27. The van der Waals surface area contributed by atoms with Crippen molar-refractivity contribution in [1.29, 1.82) is 5.41 Å². The molecule has 1 amide bonds. The van der Waals surface area contributed by atoms with Gasteiger partial charge in [-0.05, 0) is 67.6 Å². The quantitative estimate of drug-likeness (QED) is 0.532. The van der Waals surface area contributed by atoms with Crippen LogP contribution in [0.15, 0.2) is 76.3 Å². The van der Waals surface area contributed by atoms with Crippen LogP contribution in [0, 0.1) is 19.3 Å². The summed E-state index contributed by atoms with van der Waals surface area (Å²) in [5, 5.41) is 16.4. The molecule has 0 saturated heterocycles. The molecule has 2 aliphatic heterocycles. The number of nitrogens with one attached hydrogen (secondary N) is 1. The average molecular weight is 460 g/mol. The Morgan fingerprint density at radius 2 is 1.78 bits per heavy atom. The van der Waals surface area contributed by atoms with Gasteiger partial charge in [-0.1, -0.05) is 41.9 Å². The van der Waals surface area contributed by atoms with Gasteiger partial charge in [-0.25, -0.2) is 0 Å². The fraction of sp³-hybridized carbons (Fsp3) is 0.0833. The van der Waals surface area contributed by atoms with Gasteiger partial charge in [0.25, 0.3) is 5.91 Å². The van der Waals surface area contributed by atoms with E-state index in [-0.39, 0.29) is 11.4 Å². The molecule has 6 nitrogen and oxygen atoms in total. The molecule has 0 saturated carbocycles. The second-order valence-corrected chi connectivity index (χ2v) is 8.82. The zero-order chi connectivity index (χ0) is 22.4. The van der Waals surface area contributed by atoms with E-state index in [1.54, 1.807) is 6.08 Å². The van der Waals surface area contributed by atoms with Gasteiger partial charge in [0, 0.05) is 27.7 Å². The monoisotopic (exact) mass is 459 g/mol. The Labute approximate surface area is 194 Å². The highest BCUT2D eigenvalue weighted by atomic mass is 35.5. The minimum Gasteiger partial charge on any atom is -0.318 e. The number of carbonyl (C=O) groups excluding carboxylic acids is 1. The lowest BCUT2D eigenvalue weighted by Crippen LogP contribution is -2.35. The first-order chi connectivity index (χ1) is 15.4. The molecule has 0 unspecified atom stereocenters. The van der Waals surface area contributed by atoms with Crippen molar-refractivity contribution in [1.82, 2.24) is 9.58 Å². The highest BCUT2D eigenvalue weighted by Crippen LogP contribution is 2.32. The predicted molar refractivity (Wildman–Crippen MR) is 131 cm³/mol. The maximum atomic E-state index is 12.8. The summed E-state index contributed by atoms with van der Waals surface area (Å²) in [5.41, 5.74) is 4.93. The number of aryl methyl sites for hydroxylation is 1. The first-order valence-corrected chi connectivity index (χ1v) is 11.1. The van der Waals surface area contributed by atoms with Crippen molar-refractivity contribution in [3.8, 4) is 5.69 Å². The summed E-state index contributed by atoms with van der Waals surface area (Å²) in [6.45, 7) is 3.98. The number of rotatable bonds is 3. The van der Waals surface area contributed by atoms with Gasteiger partial charge in [0.1, 0.15) is 5.04 Å². The number of hydrogen-bond acceptors (Lipinski definition) is 4. The Balaban J connectivity index is 1.51. The number of nitrogens with zero attached hydrogens (tertiary/aromatic N) is 4. The van der Waals surface area contributed by atoms with Crippen molar-refractivity contribution >= 4 is 51.4 Å². The van der Waals surface area contributed by atoms with Gasteiger partial charge in [0.2, 0.25) is 5.17 Å². The molecule has 1 N–H and O–H groups in total. The zero-order valence-electron chi connectivity index (χ0n) is 17.3. The maximum absolute atomic E-state index is 12.8. The fourth-order valence-corrected chi connectivity index (χ4v) is 4.79. The number of hydrogen-bond donors (Lipinski definition) is 1. The summed E-state index contributed by atoms with van der Waals surface area (Å²) in [6, 6.07) is 19.3. The lowest BCUT2D eigenvalue weighted by molar-refractivity contribution is -0.114. The van der Waals surface area contributed by atoms with Crippen LogP contribution in [-0.2, 0) is 4.79 Å². The smallest absolute Gasteiger partial charge is 0.283 e. The summed E-state index contributed by atoms with van der Waals surface area (Å²) < 4.78 is 2.09. The molecular weight excluding hydrogens is 442 g/mol. The van der Waals surface area contributed by atoms with Crippen molar-refractivity contribution in [2.75, 3.05) is 0 Å². The van der Waals surface area contributed by atoms with Crippen molar-refractivity contribution in [2.24, 2.45) is 10.1 Å². The van der Waals surface area contributed by atoms with E-state index >= 15 is 0 Å². The molecule has 0 fully saturated rings. The Kier molecular flexibility index (Phi) is 5.07. The largest absolute Gasteiger partial charge is 0.318 e. The summed E-state index contributed by atoms with van der Waals surface area (Å²) >= 11 is 7.32. The summed E-state index contributed by atoms with van der Waals surface area (Å²) in [7, 11) is 0. The molecule has 3 heterocycles. The first kappa shape index (κ1) is 20.5. The number of fused-ring (bicyclic) bond motifs is 1. The molecule has 0 radical (unpaired) electrons. The van der Waals surface area contributed by atoms with Crippen LogP contribution in [0.1, 0.15) is 22.5 Å². The van der Waals surface area contributed by atoms with E-state index in [0.717, 1.165) is 28.2 Å². The number of amides is 1. The Morgan fingerprint density at radius 3 is 2.50 bits per heavy atom. The van der Waals surface area contributed by atoms with E-state index in [1.807, 2.05) is 74.5 Å². The molecule has 0 atom stereocenters.